The molecule has 2 aliphatic rings. The summed E-state index contributed by atoms with van der Waals surface area (Å²) in [5.41, 5.74) is 2.30. The summed E-state index contributed by atoms with van der Waals surface area (Å²) < 4.78 is 5.52. The highest BCUT2D eigenvalue weighted by atomic mass is 32.1. The SMILES string of the molecule is O=C(/C=C/c1ccc2c(c1)CCO2)N(Cc1cccs1)C1CC1. The number of ether oxygens (including phenoxy) is 1. The van der Waals surface area contributed by atoms with Gasteiger partial charge >= 0.3 is 0 Å². The van der Waals surface area contributed by atoms with Crippen LogP contribution in [0.3, 0.4) is 0 Å². The molecule has 0 spiro atoms. The van der Waals surface area contributed by atoms with Gasteiger partial charge in [-0.2, -0.15) is 0 Å². The predicted octanol–water partition coefficient (Wildman–Crippen LogP) is 3.89. The van der Waals surface area contributed by atoms with Crippen LogP contribution in [0, 0.1) is 0 Å². The zero-order valence-corrected chi connectivity index (χ0v) is 13.7. The molecule has 4 rings (SSSR count). The van der Waals surface area contributed by atoms with Gasteiger partial charge in [-0.1, -0.05) is 12.1 Å². The van der Waals surface area contributed by atoms with Gasteiger partial charge in [-0.15, -0.1) is 11.3 Å². The van der Waals surface area contributed by atoms with Crippen molar-refractivity contribution in [1.82, 2.24) is 4.90 Å². The topological polar surface area (TPSA) is 29.5 Å². The molecule has 0 N–H and O–H groups in total. The molecule has 0 bridgehead atoms. The van der Waals surface area contributed by atoms with E-state index in [0.29, 0.717) is 6.04 Å². The van der Waals surface area contributed by atoms with Crippen LogP contribution in [0.25, 0.3) is 6.08 Å². The Morgan fingerprint density at radius 3 is 3.04 bits per heavy atom. The molecule has 0 atom stereocenters. The van der Waals surface area contributed by atoms with Crippen molar-refractivity contribution in [2.75, 3.05) is 6.61 Å². The molecule has 0 unspecified atom stereocenters. The highest BCUT2D eigenvalue weighted by Crippen LogP contribution is 2.30. The number of nitrogens with zero attached hydrogens (tertiary/aromatic N) is 1. The molecule has 3 nitrogen and oxygen atoms in total. The maximum Gasteiger partial charge on any atom is 0.247 e. The molecule has 23 heavy (non-hydrogen) atoms. The van der Waals surface area contributed by atoms with Crippen LogP contribution in [-0.4, -0.2) is 23.5 Å². The third-order valence-corrected chi connectivity index (χ3v) is 5.17. The summed E-state index contributed by atoms with van der Waals surface area (Å²) in [7, 11) is 0. The quantitative estimate of drug-likeness (QED) is 0.781. The maximum atomic E-state index is 12.6. The van der Waals surface area contributed by atoms with Crippen molar-refractivity contribution in [2.24, 2.45) is 0 Å². The lowest BCUT2D eigenvalue weighted by atomic mass is 10.1. The predicted molar refractivity (Wildman–Crippen MR) is 92.6 cm³/mol. The van der Waals surface area contributed by atoms with Crippen LogP contribution < -0.4 is 4.74 Å². The number of thiophene rings is 1. The van der Waals surface area contributed by atoms with Gasteiger partial charge in [-0.25, -0.2) is 0 Å². The normalized spacial score (nSPS) is 16.3. The summed E-state index contributed by atoms with van der Waals surface area (Å²) >= 11 is 1.71. The van der Waals surface area contributed by atoms with E-state index in [1.165, 1.54) is 10.4 Å². The summed E-state index contributed by atoms with van der Waals surface area (Å²) in [6, 6.07) is 10.7. The highest BCUT2D eigenvalue weighted by Gasteiger charge is 2.31. The Hall–Kier alpha value is -2.07. The molecular weight excluding hydrogens is 306 g/mol. The number of benzene rings is 1. The molecule has 0 radical (unpaired) electrons. The fraction of sp³-hybridized carbons (Fsp3) is 0.316. The van der Waals surface area contributed by atoms with Crippen molar-refractivity contribution in [3.05, 3.63) is 57.8 Å². The van der Waals surface area contributed by atoms with E-state index in [9.17, 15) is 4.79 Å². The van der Waals surface area contributed by atoms with Crippen LogP contribution in [0.15, 0.2) is 41.8 Å². The molecule has 1 aliphatic heterocycles. The van der Waals surface area contributed by atoms with Gasteiger partial charge in [0.15, 0.2) is 0 Å². The second-order valence-corrected chi connectivity index (χ2v) is 7.11. The number of fused-ring (bicyclic) bond motifs is 1. The summed E-state index contributed by atoms with van der Waals surface area (Å²) in [4.78, 5) is 15.8. The number of hydrogen-bond acceptors (Lipinski definition) is 3. The number of amides is 1. The summed E-state index contributed by atoms with van der Waals surface area (Å²) in [5, 5.41) is 2.06. The first-order chi connectivity index (χ1) is 11.3. The second kappa shape index (κ2) is 6.20. The summed E-state index contributed by atoms with van der Waals surface area (Å²) in [6.45, 7) is 1.49. The Balaban J connectivity index is 1.46. The maximum absolute atomic E-state index is 12.6. The second-order valence-electron chi connectivity index (χ2n) is 6.08. The fourth-order valence-corrected chi connectivity index (χ4v) is 3.62. The molecular formula is C19H19NO2S. The third-order valence-electron chi connectivity index (χ3n) is 4.31. The molecule has 4 heteroatoms. The summed E-state index contributed by atoms with van der Waals surface area (Å²) in [5.74, 6) is 1.09. The first-order valence-corrected chi connectivity index (χ1v) is 8.94. The number of hydrogen-bond donors (Lipinski definition) is 0. The largest absolute Gasteiger partial charge is 0.493 e. The first-order valence-electron chi connectivity index (χ1n) is 8.06. The lowest BCUT2D eigenvalue weighted by Gasteiger charge is -2.20. The van der Waals surface area contributed by atoms with Crippen LogP contribution in [0.2, 0.25) is 0 Å². The lowest BCUT2D eigenvalue weighted by Crippen LogP contribution is -2.30. The van der Waals surface area contributed by atoms with E-state index >= 15 is 0 Å². The molecule has 118 valence electrons. The van der Waals surface area contributed by atoms with E-state index in [2.05, 4.69) is 17.5 Å². The molecule has 2 aromatic rings. The Morgan fingerprint density at radius 1 is 1.35 bits per heavy atom. The Labute approximate surface area is 140 Å². The average molecular weight is 325 g/mol. The van der Waals surface area contributed by atoms with Gasteiger partial charge in [0.05, 0.1) is 13.2 Å². The molecule has 1 aromatic carbocycles. The van der Waals surface area contributed by atoms with Gasteiger partial charge in [0.1, 0.15) is 5.75 Å². The monoisotopic (exact) mass is 325 g/mol. The van der Waals surface area contributed by atoms with Crippen LogP contribution in [0.1, 0.15) is 28.8 Å². The summed E-state index contributed by atoms with van der Waals surface area (Å²) in [6.07, 6.45) is 6.84. The molecule has 1 amide bonds. The van der Waals surface area contributed by atoms with E-state index < -0.39 is 0 Å². The minimum atomic E-state index is 0.109. The molecule has 2 heterocycles. The van der Waals surface area contributed by atoms with Gasteiger partial charge in [0.25, 0.3) is 0 Å². The van der Waals surface area contributed by atoms with Crippen molar-refractivity contribution in [3.8, 4) is 5.75 Å². The Kier molecular flexibility index (Phi) is 3.92. The Bertz CT molecular complexity index is 732. The van der Waals surface area contributed by atoms with E-state index in [1.54, 1.807) is 17.4 Å². The lowest BCUT2D eigenvalue weighted by molar-refractivity contribution is -0.127. The third kappa shape index (κ3) is 3.32. The van der Waals surface area contributed by atoms with Gasteiger partial charge < -0.3 is 9.64 Å². The molecule has 1 aliphatic carbocycles. The van der Waals surface area contributed by atoms with Gasteiger partial charge in [-0.05, 0) is 53.6 Å². The minimum Gasteiger partial charge on any atom is -0.493 e. The van der Waals surface area contributed by atoms with Crippen LogP contribution in [0.5, 0.6) is 5.75 Å². The average Bonchev–Trinajstić information content (AvgIpc) is 3.08. The fourth-order valence-electron chi connectivity index (χ4n) is 2.92. The molecule has 1 saturated carbocycles. The van der Waals surface area contributed by atoms with Crippen LogP contribution >= 0.6 is 11.3 Å². The van der Waals surface area contributed by atoms with E-state index in [0.717, 1.165) is 43.7 Å². The van der Waals surface area contributed by atoms with E-state index in [1.807, 2.05) is 29.2 Å². The van der Waals surface area contributed by atoms with Crippen molar-refractivity contribution in [3.63, 3.8) is 0 Å². The standard InChI is InChI=1S/C19H19NO2S/c21-19(20(16-5-6-16)13-17-2-1-11-23-17)8-4-14-3-7-18-15(12-14)9-10-22-18/h1-4,7-8,11-12,16H,5-6,9-10,13H2/b8-4+. The van der Waals surface area contributed by atoms with Crippen LogP contribution in [-0.2, 0) is 17.8 Å². The Morgan fingerprint density at radius 2 is 2.26 bits per heavy atom. The van der Waals surface area contributed by atoms with Crippen LogP contribution in [0.4, 0.5) is 0 Å². The van der Waals surface area contributed by atoms with E-state index in [4.69, 9.17) is 4.74 Å². The van der Waals surface area contributed by atoms with Gasteiger partial charge in [0.2, 0.25) is 5.91 Å². The van der Waals surface area contributed by atoms with Crippen molar-refractivity contribution >= 4 is 23.3 Å². The number of carbonyl (C=O) groups is 1. The van der Waals surface area contributed by atoms with Gasteiger partial charge in [0, 0.05) is 23.4 Å². The van der Waals surface area contributed by atoms with Gasteiger partial charge in [-0.3, -0.25) is 4.79 Å². The van der Waals surface area contributed by atoms with Crippen molar-refractivity contribution in [2.45, 2.75) is 31.8 Å². The zero-order chi connectivity index (χ0) is 15.6. The van der Waals surface area contributed by atoms with Crippen molar-refractivity contribution < 1.29 is 9.53 Å². The molecule has 1 fully saturated rings. The first kappa shape index (κ1) is 14.5. The van der Waals surface area contributed by atoms with E-state index in [-0.39, 0.29) is 5.91 Å². The number of rotatable bonds is 5. The minimum absolute atomic E-state index is 0.109. The zero-order valence-electron chi connectivity index (χ0n) is 12.9. The highest BCUT2D eigenvalue weighted by molar-refractivity contribution is 7.09. The number of carbonyl (C=O) groups excluding carboxylic acids is 1. The van der Waals surface area contributed by atoms with Crippen molar-refractivity contribution in [1.29, 1.82) is 0 Å². The smallest absolute Gasteiger partial charge is 0.247 e. The molecule has 0 saturated heterocycles. The molecule has 1 aromatic heterocycles.